The van der Waals surface area contributed by atoms with Crippen LogP contribution in [0.5, 0.6) is 17.2 Å². The van der Waals surface area contributed by atoms with Crippen molar-refractivity contribution in [3.05, 3.63) is 54.1 Å². The summed E-state index contributed by atoms with van der Waals surface area (Å²) in [5, 5.41) is 0. The van der Waals surface area contributed by atoms with Gasteiger partial charge < -0.3 is 19.9 Å². The summed E-state index contributed by atoms with van der Waals surface area (Å²) >= 11 is 0. The summed E-state index contributed by atoms with van der Waals surface area (Å²) < 4.78 is 16.0. The normalized spacial score (nSPS) is 11.5. The van der Waals surface area contributed by atoms with Crippen molar-refractivity contribution < 1.29 is 19.0 Å². The fourth-order valence-corrected chi connectivity index (χ4v) is 1.86. The molecule has 0 aromatic heterocycles. The standard InChI is InChI=1S/C16H16NO4/c1-19-13-8-11(9-14(10-13)20-2)15(16(17)18)21-12-6-4-3-5-7-12/h3-4,6-10,15H,1-2H3,(H2,17,18). The molecule has 5 heteroatoms. The molecular weight excluding hydrogens is 270 g/mol. The van der Waals surface area contributed by atoms with Crippen LogP contribution < -0.4 is 19.9 Å². The first kappa shape index (κ1) is 14.7. The Kier molecular flexibility index (Phi) is 4.66. The number of primary amides is 1. The third kappa shape index (κ3) is 3.66. The highest BCUT2D eigenvalue weighted by atomic mass is 16.5. The van der Waals surface area contributed by atoms with Gasteiger partial charge in [-0.2, -0.15) is 0 Å². The number of amides is 1. The molecule has 0 aliphatic rings. The second kappa shape index (κ2) is 6.65. The molecule has 2 aromatic carbocycles. The predicted octanol–water partition coefficient (Wildman–Crippen LogP) is 2.11. The van der Waals surface area contributed by atoms with Crippen molar-refractivity contribution in [2.45, 2.75) is 6.10 Å². The molecule has 0 bridgehead atoms. The molecule has 2 aromatic rings. The smallest absolute Gasteiger partial charge is 0.263 e. The maximum absolute atomic E-state index is 11.7. The summed E-state index contributed by atoms with van der Waals surface area (Å²) in [4.78, 5) is 11.7. The molecule has 0 saturated heterocycles. The Labute approximate surface area is 123 Å². The Morgan fingerprint density at radius 1 is 1.14 bits per heavy atom. The number of rotatable bonds is 6. The highest BCUT2D eigenvalue weighted by molar-refractivity contribution is 5.81. The first-order chi connectivity index (χ1) is 10.1. The van der Waals surface area contributed by atoms with E-state index in [1.165, 1.54) is 14.2 Å². The van der Waals surface area contributed by atoms with E-state index >= 15 is 0 Å². The number of ether oxygens (including phenoxy) is 3. The minimum Gasteiger partial charge on any atom is -0.497 e. The lowest BCUT2D eigenvalue weighted by atomic mass is 10.1. The molecule has 1 radical (unpaired) electrons. The Bertz CT molecular complexity index is 591. The molecule has 1 amide bonds. The zero-order valence-corrected chi connectivity index (χ0v) is 11.8. The van der Waals surface area contributed by atoms with Crippen molar-refractivity contribution >= 4 is 5.91 Å². The van der Waals surface area contributed by atoms with Crippen LogP contribution in [0.2, 0.25) is 0 Å². The Morgan fingerprint density at radius 3 is 2.29 bits per heavy atom. The molecule has 0 aliphatic carbocycles. The second-order valence-electron chi connectivity index (χ2n) is 4.29. The number of nitrogens with two attached hydrogens (primary N) is 1. The topological polar surface area (TPSA) is 70.8 Å². The number of carbonyl (C=O) groups excluding carboxylic acids is 1. The van der Waals surface area contributed by atoms with Gasteiger partial charge in [-0.25, -0.2) is 0 Å². The van der Waals surface area contributed by atoms with Gasteiger partial charge in [-0.05, 0) is 30.3 Å². The van der Waals surface area contributed by atoms with Crippen molar-refractivity contribution in [2.24, 2.45) is 5.73 Å². The number of carbonyl (C=O) groups is 1. The van der Waals surface area contributed by atoms with Gasteiger partial charge in [0.15, 0.2) is 0 Å². The van der Waals surface area contributed by atoms with Crippen molar-refractivity contribution in [1.82, 2.24) is 0 Å². The van der Waals surface area contributed by atoms with E-state index in [-0.39, 0.29) is 0 Å². The van der Waals surface area contributed by atoms with Crippen LogP contribution in [0.3, 0.4) is 0 Å². The summed E-state index contributed by atoms with van der Waals surface area (Å²) in [6.07, 6.45) is -0.940. The van der Waals surface area contributed by atoms with Crippen molar-refractivity contribution in [3.8, 4) is 17.2 Å². The van der Waals surface area contributed by atoms with Gasteiger partial charge in [-0.3, -0.25) is 4.79 Å². The van der Waals surface area contributed by atoms with Crippen molar-refractivity contribution in [2.75, 3.05) is 14.2 Å². The zero-order valence-electron chi connectivity index (χ0n) is 11.8. The van der Waals surface area contributed by atoms with Gasteiger partial charge in [0, 0.05) is 11.6 Å². The zero-order chi connectivity index (χ0) is 15.2. The SMILES string of the molecule is COc1cc(OC)cc(C(Oc2c[c]ccc2)C(N)=O)c1. The van der Waals surface area contributed by atoms with Gasteiger partial charge in [0.2, 0.25) is 6.10 Å². The minimum absolute atomic E-state index is 0.503. The number of hydrogen-bond acceptors (Lipinski definition) is 4. The van der Waals surface area contributed by atoms with Gasteiger partial charge in [-0.1, -0.05) is 12.1 Å². The van der Waals surface area contributed by atoms with E-state index in [0.717, 1.165) is 0 Å². The first-order valence-electron chi connectivity index (χ1n) is 6.29. The monoisotopic (exact) mass is 286 g/mol. The van der Waals surface area contributed by atoms with Crippen LogP contribution in [0.15, 0.2) is 42.5 Å². The maximum atomic E-state index is 11.7. The molecule has 21 heavy (non-hydrogen) atoms. The van der Waals surface area contributed by atoms with E-state index in [9.17, 15) is 4.79 Å². The molecule has 0 heterocycles. The maximum Gasteiger partial charge on any atom is 0.263 e. The lowest BCUT2D eigenvalue weighted by Crippen LogP contribution is -2.26. The van der Waals surface area contributed by atoms with Gasteiger partial charge >= 0.3 is 0 Å². The number of benzene rings is 2. The minimum atomic E-state index is -0.940. The lowest BCUT2D eigenvalue weighted by Gasteiger charge is -2.18. The molecule has 0 spiro atoms. The summed E-state index contributed by atoms with van der Waals surface area (Å²) in [5.74, 6) is 1.01. The summed E-state index contributed by atoms with van der Waals surface area (Å²) in [6.45, 7) is 0. The third-order valence-electron chi connectivity index (χ3n) is 2.87. The van der Waals surface area contributed by atoms with Crippen LogP contribution in [-0.4, -0.2) is 20.1 Å². The third-order valence-corrected chi connectivity index (χ3v) is 2.87. The van der Waals surface area contributed by atoms with Crippen molar-refractivity contribution in [3.63, 3.8) is 0 Å². The molecule has 0 aliphatic heterocycles. The van der Waals surface area contributed by atoms with E-state index in [4.69, 9.17) is 19.9 Å². The molecule has 0 saturated carbocycles. The van der Waals surface area contributed by atoms with E-state index in [1.807, 2.05) is 0 Å². The lowest BCUT2D eigenvalue weighted by molar-refractivity contribution is -0.125. The van der Waals surface area contributed by atoms with Gasteiger partial charge in [-0.15, -0.1) is 0 Å². The van der Waals surface area contributed by atoms with E-state index in [2.05, 4.69) is 6.07 Å². The van der Waals surface area contributed by atoms with Crippen LogP contribution in [0, 0.1) is 6.07 Å². The van der Waals surface area contributed by atoms with E-state index in [0.29, 0.717) is 22.8 Å². The summed E-state index contributed by atoms with van der Waals surface area (Å²) in [5.41, 5.74) is 6.00. The highest BCUT2D eigenvalue weighted by Crippen LogP contribution is 2.29. The van der Waals surface area contributed by atoms with E-state index < -0.39 is 12.0 Å². The largest absolute Gasteiger partial charge is 0.497 e. The number of methoxy groups -OCH3 is 2. The quantitative estimate of drug-likeness (QED) is 0.883. The molecule has 2 N–H and O–H groups in total. The molecule has 0 fully saturated rings. The van der Waals surface area contributed by atoms with Crippen LogP contribution in [0.4, 0.5) is 0 Å². The average molecular weight is 286 g/mol. The molecule has 109 valence electrons. The summed E-state index contributed by atoms with van der Waals surface area (Å²) in [7, 11) is 3.07. The molecular formula is C16H16NO4. The van der Waals surface area contributed by atoms with Crippen LogP contribution >= 0.6 is 0 Å². The van der Waals surface area contributed by atoms with Crippen LogP contribution in [0.1, 0.15) is 11.7 Å². The predicted molar refractivity (Wildman–Crippen MR) is 77.4 cm³/mol. The number of hydrogen-bond donors (Lipinski definition) is 1. The summed E-state index contributed by atoms with van der Waals surface area (Å²) in [6, 6.07) is 14.8. The van der Waals surface area contributed by atoms with Gasteiger partial charge in [0.1, 0.15) is 17.2 Å². The van der Waals surface area contributed by atoms with Crippen LogP contribution in [0.25, 0.3) is 0 Å². The Balaban J connectivity index is 2.36. The Hall–Kier alpha value is -2.69. The van der Waals surface area contributed by atoms with E-state index in [1.54, 1.807) is 42.5 Å². The molecule has 2 rings (SSSR count). The van der Waals surface area contributed by atoms with Crippen LogP contribution in [-0.2, 0) is 4.79 Å². The molecule has 1 unspecified atom stereocenters. The second-order valence-corrected chi connectivity index (χ2v) is 4.29. The molecule has 5 nitrogen and oxygen atoms in total. The highest BCUT2D eigenvalue weighted by Gasteiger charge is 2.21. The average Bonchev–Trinajstić information content (AvgIpc) is 2.52. The Morgan fingerprint density at radius 2 is 1.81 bits per heavy atom. The van der Waals surface area contributed by atoms with Gasteiger partial charge in [0.25, 0.3) is 5.91 Å². The first-order valence-corrected chi connectivity index (χ1v) is 6.29. The fraction of sp³-hybridized carbons (Fsp3) is 0.188. The fourth-order valence-electron chi connectivity index (χ4n) is 1.86. The van der Waals surface area contributed by atoms with Crippen molar-refractivity contribution in [1.29, 1.82) is 0 Å². The van der Waals surface area contributed by atoms with Gasteiger partial charge in [0.05, 0.1) is 14.2 Å². The molecule has 1 atom stereocenters.